The van der Waals surface area contributed by atoms with Crippen LogP contribution in [-0.2, 0) is 0 Å². The SMILES string of the molecule is CC(C)NCC1CCCCCC1CCSC(F)(F)F. The van der Waals surface area contributed by atoms with Gasteiger partial charge in [-0.25, -0.2) is 0 Å². The third-order valence-electron chi connectivity index (χ3n) is 3.86. The highest BCUT2D eigenvalue weighted by Gasteiger charge is 2.29. The van der Waals surface area contributed by atoms with Crippen LogP contribution in [-0.4, -0.2) is 23.8 Å². The molecule has 1 fully saturated rings. The van der Waals surface area contributed by atoms with Gasteiger partial charge >= 0.3 is 5.51 Å². The molecule has 19 heavy (non-hydrogen) atoms. The zero-order valence-electron chi connectivity index (χ0n) is 11.9. The zero-order valence-corrected chi connectivity index (χ0v) is 12.7. The van der Waals surface area contributed by atoms with Crippen LogP contribution in [0.25, 0.3) is 0 Å². The predicted octanol–water partition coefficient (Wildman–Crippen LogP) is 4.82. The van der Waals surface area contributed by atoms with Gasteiger partial charge in [-0.1, -0.05) is 51.3 Å². The average molecular weight is 297 g/mol. The largest absolute Gasteiger partial charge is 0.441 e. The highest BCUT2D eigenvalue weighted by Crippen LogP contribution is 2.35. The molecular weight excluding hydrogens is 271 g/mol. The highest BCUT2D eigenvalue weighted by atomic mass is 32.2. The lowest BCUT2D eigenvalue weighted by Crippen LogP contribution is -2.32. The fourth-order valence-electron chi connectivity index (χ4n) is 2.82. The van der Waals surface area contributed by atoms with Gasteiger partial charge in [-0.3, -0.25) is 0 Å². The van der Waals surface area contributed by atoms with E-state index in [1.807, 2.05) is 0 Å². The van der Waals surface area contributed by atoms with E-state index in [0.29, 0.717) is 24.3 Å². The Morgan fingerprint density at radius 3 is 2.32 bits per heavy atom. The number of hydrogen-bond acceptors (Lipinski definition) is 2. The van der Waals surface area contributed by atoms with Gasteiger partial charge in [-0.2, -0.15) is 13.2 Å². The van der Waals surface area contributed by atoms with Crippen molar-refractivity contribution in [3.8, 4) is 0 Å². The van der Waals surface area contributed by atoms with Crippen LogP contribution >= 0.6 is 11.8 Å². The molecule has 0 aromatic carbocycles. The van der Waals surface area contributed by atoms with Crippen molar-refractivity contribution < 1.29 is 13.2 Å². The van der Waals surface area contributed by atoms with Gasteiger partial charge in [0.25, 0.3) is 0 Å². The Kier molecular flexibility index (Phi) is 7.58. The molecule has 0 aliphatic heterocycles. The van der Waals surface area contributed by atoms with Crippen molar-refractivity contribution in [3.05, 3.63) is 0 Å². The molecule has 1 rings (SSSR count). The molecule has 1 saturated carbocycles. The Balaban J connectivity index is 2.39. The smallest absolute Gasteiger partial charge is 0.314 e. The fraction of sp³-hybridized carbons (Fsp3) is 1.00. The maximum atomic E-state index is 12.2. The first kappa shape index (κ1) is 17.2. The van der Waals surface area contributed by atoms with Crippen molar-refractivity contribution in [2.45, 2.75) is 63.9 Å². The number of alkyl halides is 3. The standard InChI is InChI=1S/C14H26F3NS/c1-11(2)18-10-13-7-5-3-4-6-12(13)8-9-19-14(15,16)17/h11-13,18H,3-10H2,1-2H3. The van der Waals surface area contributed by atoms with E-state index in [4.69, 9.17) is 0 Å². The quantitative estimate of drug-likeness (QED) is 0.705. The van der Waals surface area contributed by atoms with E-state index in [-0.39, 0.29) is 17.5 Å². The van der Waals surface area contributed by atoms with Gasteiger partial charge < -0.3 is 5.32 Å². The molecule has 114 valence electrons. The topological polar surface area (TPSA) is 12.0 Å². The summed E-state index contributed by atoms with van der Waals surface area (Å²) in [5.41, 5.74) is -4.07. The van der Waals surface area contributed by atoms with Crippen molar-refractivity contribution >= 4 is 11.8 Å². The summed E-state index contributed by atoms with van der Waals surface area (Å²) < 4.78 is 36.6. The highest BCUT2D eigenvalue weighted by molar-refractivity contribution is 8.00. The summed E-state index contributed by atoms with van der Waals surface area (Å²) in [5, 5.41) is 3.45. The van der Waals surface area contributed by atoms with Crippen LogP contribution in [0.15, 0.2) is 0 Å². The molecule has 2 atom stereocenters. The molecule has 0 heterocycles. The van der Waals surface area contributed by atoms with Crippen LogP contribution < -0.4 is 5.32 Å². The number of hydrogen-bond donors (Lipinski definition) is 1. The summed E-state index contributed by atoms with van der Waals surface area (Å²) in [6.45, 7) is 5.19. The molecule has 0 spiro atoms. The van der Waals surface area contributed by atoms with Gasteiger partial charge in [-0.05, 0) is 31.2 Å². The number of rotatable bonds is 6. The van der Waals surface area contributed by atoms with E-state index < -0.39 is 5.51 Å². The minimum absolute atomic E-state index is 0.140. The van der Waals surface area contributed by atoms with E-state index >= 15 is 0 Å². The van der Waals surface area contributed by atoms with Crippen molar-refractivity contribution in [1.82, 2.24) is 5.32 Å². The number of nitrogens with one attached hydrogen (secondary N) is 1. The minimum Gasteiger partial charge on any atom is -0.314 e. The molecule has 0 saturated heterocycles. The van der Waals surface area contributed by atoms with E-state index in [9.17, 15) is 13.2 Å². The van der Waals surface area contributed by atoms with Gasteiger partial charge in [0.05, 0.1) is 0 Å². The summed E-state index contributed by atoms with van der Waals surface area (Å²) in [4.78, 5) is 0. The molecule has 1 N–H and O–H groups in total. The first-order chi connectivity index (χ1) is 8.88. The van der Waals surface area contributed by atoms with Crippen LogP contribution in [0, 0.1) is 11.8 Å². The number of thioether (sulfide) groups is 1. The average Bonchev–Trinajstić information content (AvgIpc) is 2.50. The van der Waals surface area contributed by atoms with Gasteiger partial charge in [0, 0.05) is 11.8 Å². The van der Waals surface area contributed by atoms with Crippen LogP contribution in [0.1, 0.15) is 52.4 Å². The Morgan fingerprint density at radius 2 is 1.74 bits per heavy atom. The van der Waals surface area contributed by atoms with E-state index in [2.05, 4.69) is 19.2 Å². The molecule has 0 radical (unpaired) electrons. The van der Waals surface area contributed by atoms with Gasteiger partial charge in [0.15, 0.2) is 0 Å². The first-order valence-corrected chi connectivity index (χ1v) is 8.31. The normalized spacial score (nSPS) is 25.6. The molecule has 1 aliphatic carbocycles. The van der Waals surface area contributed by atoms with Crippen LogP contribution in [0.4, 0.5) is 13.2 Å². The lowest BCUT2D eigenvalue weighted by atomic mass is 9.86. The summed E-state index contributed by atoms with van der Waals surface area (Å²) in [6, 6.07) is 0.452. The maximum absolute atomic E-state index is 12.2. The van der Waals surface area contributed by atoms with Gasteiger partial charge in [-0.15, -0.1) is 0 Å². The summed E-state index contributed by atoms with van der Waals surface area (Å²) in [5.74, 6) is 1.23. The third kappa shape index (κ3) is 8.08. The summed E-state index contributed by atoms with van der Waals surface area (Å²) in [7, 11) is 0. The lowest BCUT2D eigenvalue weighted by molar-refractivity contribution is -0.0328. The summed E-state index contributed by atoms with van der Waals surface area (Å²) in [6.07, 6.45) is 6.62. The van der Waals surface area contributed by atoms with Gasteiger partial charge in [0.2, 0.25) is 0 Å². The van der Waals surface area contributed by atoms with Crippen LogP contribution in [0.3, 0.4) is 0 Å². The Morgan fingerprint density at radius 1 is 1.11 bits per heavy atom. The van der Waals surface area contributed by atoms with Crippen molar-refractivity contribution in [1.29, 1.82) is 0 Å². The van der Waals surface area contributed by atoms with E-state index in [1.165, 1.54) is 25.7 Å². The number of halogens is 3. The molecule has 0 bridgehead atoms. The predicted molar refractivity (Wildman–Crippen MR) is 76.3 cm³/mol. The second kappa shape index (κ2) is 8.40. The molecular formula is C14H26F3NS. The second-order valence-corrected chi connectivity index (χ2v) is 6.96. The molecule has 2 unspecified atom stereocenters. The van der Waals surface area contributed by atoms with Crippen molar-refractivity contribution in [2.75, 3.05) is 12.3 Å². The van der Waals surface area contributed by atoms with Crippen molar-refractivity contribution in [3.63, 3.8) is 0 Å². The van der Waals surface area contributed by atoms with Crippen LogP contribution in [0.5, 0.6) is 0 Å². The molecule has 1 aliphatic rings. The first-order valence-electron chi connectivity index (χ1n) is 7.32. The Labute approximate surface area is 119 Å². The molecule has 0 aromatic heterocycles. The van der Waals surface area contributed by atoms with E-state index in [1.54, 1.807) is 0 Å². The molecule has 0 amide bonds. The van der Waals surface area contributed by atoms with Crippen molar-refractivity contribution in [2.24, 2.45) is 11.8 Å². The fourth-order valence-corrected chi connectivity index (χ4v) is 3.48. The maximum Gasteiger partial charge on any atom is 0.441 e. The summed E-state index contributed by atoms with van der Waals surface area (Å²) >= 11 is 0.140. The molecule has 1 nitrogen and oxygen atoms in total. The monoisotopic (exact) mass is 297 g/mol. The third-order valence-corrected chi connectivity index (χ3v) is 4.63. The zero-order chi connectivity index (χ0) is 14.3. The van der Waals surface area contributed by atoms with Gasteiger partial charge in [0.1, 0.15) is 0 Å². The molecule has 5 heteroatoms. The minimum atomic E-state index is -4.07. The molecule has 0 aromatic rings. The second-order valence-electron chi connectivity index (χ2n) is 5.80. The van der Waals surface area contributed by atoms with Crippen LogP contribution in [0.2, 0.25) is 0 Å². The lowest BCUT2D eigenvalue weighted by Gasteiger charge is -2.26. The Bertz CT molecular complexity index is 243. The van der Waals surface area contributed by atoms with E-state index in [0.717, 1.165) is 13.0 Å². The Hall–Kier alpha value is 0.100.